The van der Waals surface area contributed by atoms with Crippen LogP contribution in [0.4, 0.5) is 0 Å². The number of carbonyl (C=O) groups excluding carboxylic acids is 2. The first-order valence-corrected chi connectivity index (χ1v) is 11.4. The van der Waals surface area contributed by atoms with Gasteiger partial charge in [0.05, 0.1) is 6.20 Å². The maximum atomic E-state index is 13.3. The summed E-state index contributed by atoms with van der Waals surface area (Å²) in [7, 11) is 0. The van der Waals surface area contributed by atoms with Crippen LogP contribution in [-0.2, 0) is 11.3 Å². The van der Waals surface area contributed by atoms with E-state index < -0.39 is 17.3 Å². The number of nitrogens with one attached hydrogen (secondary N) is 1. The van der Waals surface area contributed by atoms with Crippen molar-refractivity contribution in [2.75, 3.05) is 6.54 Å². The number of amides is 2. The van der Waals surface area contributed by atoms with Gasteiger partial charge < -0.3 is 15.3 Å². The van der Waals surface area contributed by atoms with E-state index in [0.29, 0.717) is 17.8 Å². The third-order valence-electron chi connectivity index (χ3n) is 6.13. The predicted molar refractivity (Wildman–Crippen MR) is 121 cm³/mol. The predicted octanol–water partition coefficient (Wildman–Crippen LogP) is 2.16. The minimum absolute atomic E-state index is 0.0511. The number of carbonyl (C=O) groups is 2. The van der Waals surface area contributed by atoms with Crippen LogP contribution >= 0.6 is 0 Å². The van der Waals surface area contributed by atoms with Gasteiger partial charge in [-0.3, -0.25) is 19.0 Å². The second kappa shape index (κ2) is 8.80. The van der Waals surface area contributed by atoms with Gasteiger partial charge in [-0.05, 0) is 44.1 Å². The lowest BCUT2D eigenvalue weighted by atomic mass is 10.1. The molecular formula is C23H31N5O4. The molecule has 2 N–H and O–H groups in total. The Balaban J connectivity index is 1.75. The third-order valence-corrected chi connectivity index (χ3v) is 6.13. The van der Waals surface area contributed by atoms with Crippen molar-refractivity contribution in [1.29, 1.82) is 0 Å². The zero-order chi connectivity index (χ0) is 23.0. The Labute approximate surface area is 186 Å². The highest BCUT2D eigenvalue weighted by Gasteiger charge is 2.30. The molecular weight excluding hydrogens is 410 g/mol. The van der Waals surface area contributed by atoms with Crippen molar-refractivity contribution in [2.24, 2.45) is 5.92 Å². The smallest absolute Gasteiger partial charge is 0.270 e. The lowest BCUT2D eigenvalue weighted by Gasteiger charge is -2.21. The molecule has 1 saturated carbocycles. The van der Waals surface area contributed by atoms with Gasteiger partial charge in [-0.2, -0.15) is 9.61 Å². The minimum Gasteiger partial charge on any atom is -0.492 e. The van der Waals surface area contributed by atoms with Gasteiger partial charge in [-0.15, -0.1) is 0 Å². The Bertz CT molecular complexity index is 1130. The number of likely N-dealkylation sites (tertiary alicyclic amines) is 1. The van der Waals surface area contributed by atoms with E-state index in [9.17, 15) is 19.5 Å². The normalized spacial score (nSPS) is 18.9. The fourth-order valence-corrected chi connectivity index (χ4v) is 4.36. The quantitative estimate of drug-likeness (QED) is 0.640. The van der Waals surface area contributed by atoms with Crippen molar-refractivity contribution < 1.29 is 14.7 Å². The van der Waals surface area contributed by atoms with Crippen molar-refractivity contribution >= 4 is 23.5 Å². The topological polar surface area (TPSA) is 109 Å². The first-order valence-electron chi connectivity index (χ1n) is 11.4. The second-order valence-electron chi connectivity index (χ2n) is 9.16. The molecule has 9 nitrogen and oxygen atoms in total. The fourth-order valence-electron chi connectivity index (χ4n) is 4.36. The zero-order valence-corrected chi connectivity index (χ0v) is 18.9. The van der Waals surface area contributed by atoms with Crippen molar-refractivity contribution in [1.82, 2.24) is 24.4 Å². The average molecular weight is 442 g/mol. The summed E-state index contributed by atoms with van der Waals surface area (Å²) in [4.78, 5) is 40.5. The Hall–Kier alpha value is -3.10. The van der Waals surface area contributed by atoms with Gasteiger partial charge in [0.25, 0.3) is 11.5 Å². The van der Waals surface area contributed by atoms with Crippen LogP contribution in [0.1, 0.15) is 68.8 Å². The molecule has 2 aromatic heterocycles. The molecule has 1 unspecified atom stereocenters. The van der Waals surface area contributed by atoms with Crippen LogP contribution in [0.3, 0.4) is 0 Å². The van der Waals surface area contributed by atoms with Crippen molar-refractivity contribution in [2.45, 2.75) is 71.5 Å². The monoisotopic (exact) mass is 441 g/mol. The summed E-state index contributed by atoms with van der Waals surface area (Å²) in [6, 6.07) is 0.307. The molecule has 4 rings (SSSR count). The van der Waals surface area contributed by atoms with E-state index in [0.717, 1.165) is 38.6 Å². The molecule has 1 saturated heterocycles. The summed E-state index contributed by atoms with van der Waals surface area (Å²) in [5, 5.41) is 17.7. The summed E-state index contributed by atoms with van der Waals surface area (Å²) in [5.74, 6) is -1.03. The van der Waals surface area contributed by atoms with Crippen LogP contribution in [0.2, 0.25) is 0 Å². The van der Waals surface area contributed by atoms with E-state index >= 15 is 0 Å². The van der Waals surface area contributed by atoms with Gasteiger partial charge in [-0.25, -0.2) is 0 Å². The van der Waals surface area contributed by atoms with E-state index in [-0.39, 0.29) is 29.5 Å². The first kappa shape index (κ1) is 22.1. The van der Waals surface area contributed by atoms with Crippen LogP contribution in [0.25, 0.3) is 11.7 Å². The number of aromatic hydroxyl groups is 1. The van der Waals surface area contributed by atoms with Gasteiger partial charge in [-0.1, -0.05) is 20.8 Å². The molecule has 172 valence electrons. The zero-order valence-electron chi connectivity index (χ0n) is 18.9. The molecule has 1 atom stereocenters. The van der Waals surface area contributed by atoms with E-state index in [1.165, 1.54) is 21.4 Å². The van der Waals surface area contributed by atoms with E-state index in [2.05, 4.69) is 17.3 Å². The molecule has 0 radical (unpaired) electrons. The summed E-state index contributed by atoms with van der Waals surface area (Å²) in [6.45, 7) is 7.10. The highest BCUT2D eigenvalue weighted by Crippen LogP contribution is 2.24. The summed E-state index contributed by atoms with van der Waals surface area (Å²) in [6.07, 6.45) is 9.31. The van der Waals surface area contributed by atoms with Crippen LogP contribution in [0, 0.1) is 5.92 Å². The van der Waals surface area contributed by atoms with Crippen molar-refractivity contribution in [3.05, 3.63) is 33.8 Å². The Morgan fingerprint density at radius 1 is 1.31 bits per heavy atom. The Morgan fingerprint density at radius 2 is 2.06 bits per heavy atom. The molecule has 32 heavy (non-hydrogen) atoms. The standard InChI is InChI=1S/C23H31N5O4/c1-4-17-6-5-11-26(17)18(29)10-7-15-12-24-28-21(15)27(13-14(2)3)22(31)19(23(28)32)20(30)25-16-8-9-16/h7,10,12,14,16-17,32H,4-6,8-9,11,13H2,1-3H3,(H,25,30). The molecule has 0 bridgehead atoms. The van der Waals surface area contributed by atoms with Crippen LogP contribution in [-0.4, -0.2) is 54.6 Å². The number of nitrogens with zero attached hydrogens (tertiary/aromatic N) is 4. The van der Waals surface area contributed by atoms with Gasteiger partial charge in [0, 0.05) is 36.8 Å². The molecule has 2 aliphatic rings. The average Bonchev–Trinajstić information content (AvgIpc) is 3.26. The maximum absolute atomic E-state index is 13.3. The maximum Gasteiger partial charge on any atom is 0.270 e. The number of rotatable bonds is 7. The number of fused-ring (bicyclic) bond motifs is 1. The lowest BCUT2D eigenvalue weighted by Crippen LogP contribution is -2.36. The van der Waals surface area contributed by atoms with Crippen LogP contribution in [0.5, 0.6) is 5.88 Å². The number of aromatic nitrogens is 3. The molecule has 2 fully saturated rings. The summed E-state index contributed by atoms with van der Waals surface area (Å²) >= 11 is 0. The number of hydrogen-bond acceptors (Lipinski definition) is 5. The third kappa shape index (κ3) is 4.16. The van der Waals surface area contributed by atoms with Crippen LogP contribution in [0.15, 0.2) is 17.1 Å². The van der Waals surface area contributed by atoms with E-state index in [1.807, 2.05) is 18.7 Å². The molecule has 0 aromatic carbocycles. The highest BCUT2D eigenvalue weighted by atomic mass is 16.3. The molecule has 2 aromatic rings. The largest absolute Gasteiger partial charge is 0.492 e. The minimum atomic E-state index is -0.586. The fraction of sp³-hybridized carbons (Fsp3) is 0.565. The molecule has 3 heterocycles. The molecule has 9 heteroatoms. The SMILES string of the molecule is CCC1CCCN1C(=O)C=Cc1cnn2c(O)c(C(=O)NC3CC3)c(=O)n(CC(C)C)c12. The first-order chi connectivity index (χ1) is 15.3. The van der Waals surface area contributed by atoms with E-state index in [4.69, 9.17) is 0 Å². The highest BCUT2D eigenvalue weighted by molar-refractivity contribution is 5.97. The van der Waals surface area contributed by atoms with Crippen LogP contribution < -0.4 is 10.9 Å². The van der Waals surface area contributed by atoms with E-state index in [1.54, 1.807) is 6.08 Å². The second-order valence-corrected chi connectivity index (χ2v) is 9.16. The Kier molecular flexibility index (Phi) is 6.08. The Morgan fingerprint density at radius 3 is 2.72 bits per heavy atom. The molecule has 2 amide bonds. The van der Waals surface area contributed by atoms with Crippen molar-refractivity contribution in [3.8, 4) is 5.88 Å². The summed E-state index contributed by atoms with van der Waals surface area (Å²) < 4.78 is 2.68. The molecule has 1 aliphatic carbocycles. The van der Waals surface area contributed by atoms with Gasteiger partial charge >= 0.3 is 0 Å². The van der Waals surface area contributed by atoms with Gasteiger partial charge in [0.2, 0.25) is 11.8 Å². The number of hydrogen-bond donors (Lipinski definition) is 2. The molecule has 0 spiro atoms. The van der Waals surface area contributed by atoms with Crippen molar-refractivity contribution in [3.63, 3.8) is 0 Å². The molecule has 1 aliphatic heterocycles. The van der Waals surface area contributed by atoms with Gasteiger partial charge in [0.15, 0.2) is 5.56 Å². The summed E-state index contributed by atoms with van der Waals surface area (Å²) in [5.41, 5.74) is 0.0333. The van der Waals surface area contributed by atoms with Gasteiger partial charge in [0.1, 0.15) is 5.65 Å². The lowest BCUT2D eigenvalue weighted by molar-refractivity contribution is -0.126.